The molecule has 1 atom stereocenters. The van der Waals surface area contributed by atoms with Crippen molar-refractivity contribution in [3.8, 4) is 0 Å². The summed E-state index contributed by atoms with van der Waals surface area (Å²) in [6.45, 7) is 5.39. The van der Waals surface area contributed by atoms with Gasteiger partial charge >= 0.3 is 0 Å². The fourth-order valence-electron chi connectivity index (χ4n) is 1.39. The summed E-state index contributed by atoms with van der Waals surface area (Å²) in [6, 6.07) is 4.39. The van der Waals surface area contributed by atoms with E-state index in [9.17, 15) is 4.79 Å². The van der Waals surface area contributed by atoms with Crippen LogP contribution in [-0.2, 0) is 11.3 Å². The van der Waals surface area contributed by atoms with E-state index in [0.29, 0.717) is 6.54 Å². The average molecular weight is 240 g/mol. The molecular weight excluding hydrogens is 220 g/mol. The fourth-order valence-corrected chi connectivity index (χ4v) is 2.18. The van der Waals surface area contributed by atoms with Crippen molar-refractivity contribution >= 4 is 17.2 Å². The number of carbonyl (C=O) groups excluding carboxylic acids is 1. The van der Waals surface area contributed by atoms with E-state index in [2.05, 4.69) is 23.7 Å². The van der Waals surface area contributed by atoms with Crippen LogP contribution in [0.25, 0.3) is 0 Å². The Morgan fingerprint density at radius 2 is 2.38 bits per heavy atom. The van der Waals surface area contributed by atoms with E-state index in [1.54, 1.807) is 11.3 Å². The number of hydrogen-bond donors (Lipinski definition) is 1. The Labute approximate surface area is 101 Å². The van der Waals surface area contributed by atoms with Gasteiger partial charge in [0.15, 0.2) is 0 Å². The van der Waals surface area contributed by atoms with Crippen LogP contribution in [-0.4, -0.2) is 30.4 Å². The molecule has 0 aliphatic carbocycles. The molecule has 1 aromatic heterocycles. The van der Waals surface area contributed by atoms with Gasteiger partial charge in [-0.1, -0.05) is 13.0 Å². The summed E-state index contributed by atoms with van der Waals surface area (Å²) in [4.78, 5) is 14.9. The normalized spacial score (nSPS) is 12.8. The summed E-state index contributed by atoms with van der Waals surface area (Å²) in [5, 5.41) is 5.02. The first-order valence-electron chi connectivity index (χ1n) is 5.62. The molecule has 0 aliphatic heterocycles. The zero-order chi connectivity index (χ0) is 12.0. The molecule has 4 heteroatoms. The predicted molar refractivity (Wildman–Crippen MR) is 68.5 cm³/mol. The minimum absolute atomic E-state index is 0.105. The Morgan fingerprint density at radius 1 is 1.62 bits per heavy atom. The van der Waals surface area contributed by atoms with Gasteiger partial charge in [-0.2, -0.15) is 0 Å². The van der Waals surface area contributed by atoms with Crippen molar-refractivity contribution in [2.75, 3.05) is 13.6 Å². The molecule has 1 aromatic rings. The lowest BCUT2D eigenvalue weighted by Crippen LogP contribution is -2.39. The van der Waals surface area contributed by atoms with Gasteiger partial charge in [0.2, 0.25) is 5.91 Å². The largest absolute Gasteiger partial charge is 0.353 e. The zero-order valence-electron chi connectivity index (χ0n) is 10.2. The van der Waals surface area contributed by atoms with E-state index in [4.69, 9.17) is 0 Å². The maximum absolute atomic E-state index is 11.6. The van der Waals surface area contributed by atoms with Crippen LogP contribution in [0.3, 0.4) is 0 Å². The van der Waals surface area contributed by atoms with Crippen LogP contribution in [0.4, 0.5) is 0 Å². The van der Waals surface area contributed by atoms with Gasteiger partial charge in [0.25, 0.3) is 0 Å². The monoisotopic (exact) mass is 240 g/mol. The van der Waals surface area contributed by atoms with Crippen LogP contribution < -0.4 is 5.32 Å². The lowest BCUT2D eigenvalue weighted by molar-refractivity contribution is -0.122. The van der Waals surface area contributed by atoms with Gasteiger partial charge in [0.1, 0.15) is 0 Å². The Bertz CT molecular complexity index is 311. The van der Waals surface area contributed by atoms with Gasteiger partial charge in [0, 0.05) is 17.5 Å². The molecule has 1 unspecified atom stereocenters. The highest BCUT2D eigenvalue weighted by molar-refractivity contribution is 7.09. The number of hydrogen-bond acceptors (Lipinski definition) is 3. The van der Waals surface area contributed by atoms with E-state index in [-0.39, 0.29) is 11.9 Å². The van der Waals surface area contributed by atoms with Crippen molar-refractivity contribution in [2.45, 2.75) is 32.9 Å². The van der Waals surface area contributed by atoms with Gasteiger partial charge in [0.05, 0.1) is 6.54 Å². The van der Waals surface area contributed by atoms with Crippen molar-refractivity contribution < 1.29 is 4.79 Å². The second-order valence-corrected chi connectivity index (χ2v) is 5.16. The summed E-state index contributed by atoms with van der Waals surface area (Å²) >= 11 is 1.72. The fraction of sp³-hybridized carbons (Fsp3) is 0.583. The molecule has 1 N–H and O–H groups in total. The van der Waals surface area contributed by atoms with Gasteiger partial charge in [-0.3, -0.25) is 9.69 Å². The summed E-state index contributed by atoms with van der Waals surface area (Å²) in [5.41, 5.74) is 0. The third-order valence-electron chi connectivity index (χ3n) is 2.44. The summed E-state index contributed by atoms with van der Waals surface area (Å²) in [7, 11) is 1.97. The van der Waals surface area contributed by atoms with Crippen molar-refractivity contribution in [1.29, 1.82) is 0 Å². The molecule has 0 saturated heterocycles. The number of likely N-dealkylation sites (N-methyl/N-ethyl adjacent to an activating group) is 1. The third kappa shape index (κ3) is 4.77. The molecule has 90 valence electrons. The Kier molecular flexibility index (Phi) is 5.49. The minimum Gasteiger partial charge on any atom is -0.353 e. The molecular formula is C12H20N2OS. The molecule has 0 spiro atoms. The summed E-state index contributed by atoms with van der Waals surface area (Å²) < 4.78 is 0. The van der Waals surface area contributed by atoms with E-state index < -0.39 is 0 Å². The van der Waals surface area contributed by atoms with Crippen LogP contribution in [0.1, 0.15) is 25.1 Å². The SMILES string of the molecule is CCC(C)NC(=O)CN(C)Cc1cccs1. The highest BCUT2D eigenvalue weighted by Crippen LogP contribution is 2.10. The number of thiophene rings is 1. The second-order valence-electron chi connectivity index (χ2n) is 4.13. The second kappa shape index (κ2) is 6.66. The Balaban J connectivity index is 2.28. The average Bonchev–Trinajstić information content (AvgIpc) is 2.69. The molecule has 16 heavy (non-hydrogen) atoms. The molecule has 3 nitrogen and oxygen atoms in total. The van der Waals surface area contributed by atoms with Crippen molar-refractivity contribution in [3.63, 3.8) is 0 Å². The first-order valence-corrected chi connectivity index (χ1v) is 6.50. The molecule has 0 aromatic carbocycles. The van der Waals surface area contributed by atoms with Gasteiger partial charge < -0.3 is 5.32 Å². The summed E-state index contributed by atoms with van der Waals surface area (Å²) in [6.07, 6.45) is 0.973. The standard InChI is InChI=1S/C12H20N2OS/c1-4-10(2)13-12(15)9-14(3)8-11-6-5-7-16-11/h5-7,10H,4,8-9H2,1-3H3,(H,13,15). The number of amides is 1. The molecule has 1 rings (SSSR count). The van der Waals surface area contributed by atoms with Crippen LogP contribution >= 0.6 is 11.3 Å². The van der Waals surface area contributed by atoms with Crippen molar-refractivity contribution in [2.24, 2.45) is 0 Å². The minimum atomic E-state index is 0.105. The molecule has 0 fully saturated rings. The predicted octanol–water partition coefficient (Wildman–Crippen LogP) is 2.09. The Hall–Kier alpha value is -0.870. The number of nitrogens with zero attached hydrogens (tertiary/aromatic N) is 1. The van der Waals surface area contributed by atoms with Crippen molar-refractivity contribution in [1.82, 2.24) is 10.2 Å². The van der Waals surface area contributed by atoms with Crippen LogP contribution in [0.2, 0.25) is 0 Å². The van der Waals surface area contributed by atoms with E-state index in [1.807, 2.05) is 24.9 Å². The van der Waals surface area contributed by atoms with E-state index in [0.717, 1.165) is 13.0 Å². The van der Waals surface area contributed by atoms with Gasteiger partial charge in [-0.15, -0.1) is 11.3 Å². The molecule has 0 saturated carbocycles. The summed E-state index contributed by atoms with van der Waals surface area (Å²) in [5.74, 6) is 0.105. The van der Waals surface area contributed by atoms with Gasteiger partial charge in [-0.05, 0) is 31.8 Å². The first kappa shape index (κ1) is 13.2. The number of carbonyl (C=O) groups is 1. The maximum Gasteiger partial charge on any atom is 0.234 e. The smallest absolute Gasteiger partial charge is 0.234 e. The van der Waals surface area contributed by atoms with E-state index >= 15 is 0 Å². The molecule has 1 amide bonds. The highest BCUT2D eigenvalue weighted by atomic mass is 32.1. The van der Waals surface area contributed by atoms with Gasteiger partial charge in [-0.25, -0.2) is 0 Å². The highest BCUT2D eigenvalue weighted by Gasteiger charge is 2.09. The zero-order valence-corrected chi connectivity index (χ0v) is 11.0. The van der Waals surface area contributed by atoms with Crippen molar-refractivity contribution in [3.05, 3.63) is 22.4 Å². The van der Waals surface area contributed by atoms with Crippen LogP contribution in [0.15, 0.2) is 17.5 Å². The van der Waals surface area contributed by atoms with E-state index in [1.165, 1.54) is 4.88 Å². The lowest BCUT2D eigenvalue weighted by Gasteiger charge is -2.17. The molecule has 0 bridgehead atoms. The quantitative estimate of drug-likeness (QED) is 0.826. The molecule has 1 heterocycles. The Morgan fingerprint density at radius 3 is 2.94 bits per heavy atom. The molecule has 0 aliphatic rings. The molecule has 0 radical (unpaired) electrons. The van der Waals surface area contributed by atoms with Crippen LogP contribution in [0.5, 0.6) is 0 Å². The number of rotatable bonds is 6. The lowest BCUT2D eigenvalue weighted by atomic mass is 10.2. The van der Waals surface area contributed by atoms with Crippen LogP contribution in [0, 0.1) is 0 Å². The maximum atomic E-state index is 11.6. The first-order chi connectivity index (χ1) is 7.61. The third-order valence-corrected chi connectivity index (χ3v) is 3.30. The topological polar surface area (TPSA) is 32.3 Å². The number of nitrogens with one attached hydrogen (secondary N) is 1.